The van der Waals surface area contributed by atoms with Crippen LogP contribution in [0, 0.1) is 0 Å². The van der Waals surface area contributed by atoms with Gasteiger partial charge < -0.3 is 10.2 Å². The van der Waals surface area contributed by atoms with Gasteiger partial charge in [0.15, 0.2) is 0 Å². The summed E-state index contributed by atoms with van der Waals surface area (Å²) in [4.78, 5) is 17.2. The Morgan fingerprint density at radius 2 is 2.40 bits per heavy atom. The lowest BCUT2D eigenvalue weighted by Crippen LogP contribution is -2.35. The highest BCUT2D eigenvalue weighted by Crippen LogP contribution is 2.00. The summed E-state index contributed by atoms with van der Waals surface area (Å²) in [6, 6.07) is 3.84. The molecule has 4 nitrogen and oxygen atoms in total. The summed E-state index contributed by atoms with van der Waals surface area (Å²) < 4.78 is 0. The molecule has 4 heteroatoms. The van der Waals surface area contributed by atoms with Crippen molar-refractivity contribution in [2.45, 2.75) is 13.5 Å². The summed E-state index contributed by atoms with van der Waals surface area (Å²) in [5, 5.41) is 3.01. The fraction of sp³-hybridized carbons (Fsp3) is 0.455. The summed E-state index contributed by atoms with van der Waals surface area (Å²) >= 11 is 0. The van der Waals surface area contributed by atoms with Gasteiger partial charge in [0, 0.05) is 26.0 Å². The third-order valence-electron chi connectivity index (χ3n) is 2.09. The van der Waals surface area contributed by atoms with Crippen LogP contribution in [0.3, 0.4) is 0 Å². The van der Waals surface area contributed by atoms with Crippen LogP contribution in [-0.2, 0) is 11.3 Å². The molecule has 0 aliphatic carbocycles. The molecule has 0 unspecified atom stereocenters. The third-order valence-corrected chi connectivity index (χ3v) is 2.09. The van der Waals surface area contributed by atoms with Gasteiger partial charge in [0.25, 0.3) is 0 Å². The number of aromatic nitrogens is 1. The number of carbonyl (C=O) groups excluding carboxylic acids is 1. The van der Waals surface area contributed by atoms with Crippen molar-refractivity contribution in [1.29, 1.82) is 0 Å². The van der Waals surface area contributed by atoms with Gasteiger partial charge >= 0.3 is 0 Å². The molecule has 0 saturated carbocycles. The molecule has 0 aliphatic heterocycles. The average molecular weight is 207 g/mol. The van der Waals surface area contributed by atoms with E-state index >= 15 is 0 Å². The van der Waals surface area contributed by atoms with Crippen LogP contribution in [0.15, 0.2) is 24.5 Å². The van der Waals surface area contributed by atoms with Crippen molar-refractivity contribution in [3.05, 3.63) is 30.1 Å². The molecule has 0 aromatic carbocycles. The summed E-state index contributed by atoms with van der Waals surface area (Å²) in [5.41, 5.74) is 1.05. The molecular weight excluding hydrogens is 190 g/mol. The van der Waals surface area contributed by atoms with E-state index in [4.69, 9.17) is 0 Å². The standard InChI is InChI=1S/C11H17N3O/c1-3-12-8-11(15)14(2)9-10-5-4-6-13-7-10/h4-7,12H,3,8-9H2,1-2H3. The Morgan fingerprint density at radius 3 is 3.00 bits per heavy atom. The molecule has 0 saturated heterocycles. The molecule has 1 aromatic rings. The number of amides is 1. The normalized spacial score (nSPS) is 10.0. The van der Waals surface area contributed by atoms with E-state index in [1.54, 1.807) is 24.3 Å². The van der Waals surface area contributed by atoms with E-state index < -0.39 is 0 Å². The highest BCUT2D eigenvalue weighted by Gasteiger charge is 2.07. The van der Waals surface area contributed by atoms with Gasteiger partial charge in [-0.1, -0.05) is 13.0 Å². The number of hydrogen-bond acceptors (Lipinski definition) is 3. The van der Waals surface area contributed by atoms with Gasteiger partial charge in [0.2, 0.25) is 5.91 Å². The first-order valence-electron chi connectivity index (χ1n) is 5.07. The van der Waals surface area contributed by atoms with Gasteiger partial charge in [0.05, 0.1) is 6.54 Å². The second-order valence-electron chi connectivity index (χ2n) is 3.39. The van der Waals surface area contributed by atoms with Gasteiger partial charge in [-0.15, -0.1) is 0 Å². The van der Waals surface area contributed by atoms with E-state index in [-0.39, 0.29) is 5.91 Å². The minimum Gasteiger partial charge on any atom is -0.340 e. The van der Waals surface area contributed by atoms with Gasteiger partial charge in [-0.25, -0.2) is 0 Å². The van der Waals surface area contributed by atoms with Crippen LogP contribution in [-0.4, -0.2) is 35.9 Å². The van der Waals surface area contributed by atoms with Crippen molar-refractivity contribution in [3.63, 3.8) is 0 Å². The van der Waals surface area contributed by atoms with E-state index in [0.717, 1.165) is 12.1 Å². The highest BCUT2D eigenvalue weighted by molar-refractivity contribution is 5.77. The Labute approximate surface area is 90.3 Å². The molecule has 1 rings (SSSR count). The first-order chi connectivity index (χ1) is 7.24. The minimum atomic E-state index is 0.0979. The van der Waals surface area contributed by atoms with Crippen LogP contribution in [0.1, 0.15) is 12.5 Å². The topological polar surface area (TPSA) is 45.2 Å². The zero-order valence-corrected chi connectivity index (χ0v) is 9.23. The molecule has 0 bridgehead atoms. The molecule has 82 valence electrons. The van der Waals surface area contributed by atoms with E-state index in [1.807, 2.05) is 19.1 Å². The maximum absolute atomic E-state index is 11.5. The Balaban J connectivity index is 2.41. The summed E-state index contributed by atoms with van der Waals surface area (Å²) in [7, 11) is 1.80. The lowest BCUT2D eigenvalue weighted by molar-refractivity contribution is -0.129. The summed E-state index contributed by atoms with van der Waals surface area (Å²) in [6.07, 6.45) is 3.50. The van der Waals surface area contributed by atoms with E-state index in [2.05, 4.69) is 10.3 Å². The Kier molecular flexibility index (Phi) is 4.77. The Bertz CT molecular complexity index is 300. The van der Waals surface area contributed by atoms with Crippen LogP contribution in [0.25, 0.3) is 0 Å². The Morgan fingerprint density at radius 1 is 1.60 bits per heavy atom. The van der Waals surface area contributed by atoms with E-state index in [1.165, 1.54) is 0 Å². The van der Waals surface area contributed by atoms with Crippen LogP contribution >= 0.6 is 0 Å². The monoisotopic (exact) mass is 207 g/mol. The first kappa shape index (κ1) is 11.7. The highest BCUT2D eigenvalue weighted by atomic mass is 16.2. The average Bonchev–Trinajstić information content (AvgIpc) is 2.27. The summed E-state index contributed by atoms with van der Waals surface area (Å²) in [6.45, 7) is 3.80. The van der Waals surface area contributed by atoms with Crippen LogP contribution < -0.4 is 5.32 Å². The molecule has 15 heavy (non-hydrogen) atoms. The number of rotatable bonds is 5. The predicted molar refractivity (Wildman–Crippen MR) is 59.3 cm³/mol. The quantitative estimate of drug-likeness (QED) is 0.771. The molecule has 0 radical (unpaired) electrons. The Hall–Kier alpha value is -1.42. The molecule has 0 aliphatic rings. The molecule has 1 heterocycles. The number of carbonyl (C=O) groups is 1. The van der Waals surface area contributed by atoms with Crippen LogP contribution in [0.4, 0.5) is 0 Å². The number of pyridine rings is 1. The third kappa shape index (κ3) is 4.08. The van der Waals surface area contributed by atoms with Crippen LogP contribution in [0.5, 0.6) is 0 Å². The molecule has 0 fully saturated rings. The van der Waals surface area contributed by atoms with E-state index in [0.29, 0.717) is 13.1 Å². The van der Waals surface area contributed by atoms with Crippen LogP contribution in [0.2, 0.25) is 0 Å². The van der Waals surface area contributed by atoms with Gasteiger partial charge in [-0.2, -0.15) is 0 Å². The van der Waals surface area contributed by atoms with Crippen molar-refractivity contribution in [3.8, 4) is 0 Å². The second-order valence-corrected chi connectivity index (χ2v) is 3.39. The lowest BCUT2D eigenvalue weighted by Gasteiger charge is -2.17. The number of likely N-dealkylation sites (N-methyl/N-ethyl adjacent to an activating group) is 2. The zero-order valence-electron chi connectivity index (χ0n) is 9.23. The zero-order chi connectivity index (χ0) is 11.1. The lowest BCUT2D eigenvalue weighted by atomic mass is 10.2. The molecule has 1 amide bonds. The fourth-order valence-electron chi connectivity index (χ4n) is 1.22. The minimum absolute atomic E-state index is 0.0979. The fourth-order valence-corrected chi connectivity index (χ4v) is 1.22. The number of nitrogens with zero attached hydrogens (tertiary/aromatic N) is 2. The molecular formula is C11H17N3O. The molecule has 0 spiro atoms. The largest absolute Gasteiger partial charge is 0.340 e. The van der Waals surface area contributed by atoms with Gasteiger partial charge in [-0.05, 0) is 18.2 Å². The predicted octanol–water partition coefficient (Wildman–Crippen LogP) is 0.649. The maximum atomic E-state index is 11.5. The SMILES string of the molecule is CCNCC(=O)N(C)Cc1cccnc1. The maximum Gasteiger partial charge on any atom is 0.236 e. The smallest absolute Gasteiger partial charge is 0.236 e. The number of hydrogen-bond donors (Lipinski definition) is 1. The van der Waals surface area contributed by atoms with Crippen molar-refractivity contribution in [2.75, 3.05) is 20.1 Å². The van der Waals surface area contributed by atoms with Crippen molar-refractivity contribution < 1.29 is 4.79 Å². The molecule has 1 aromatic heterocycles. The second kappa shape index (κ2) is 6.14. The van der Waals surface area contributed by atoms with E-state index in [9.17, 15) is 4.79 Å². The summed E-state index contributed by atoms with van der Waals surface area (Å²) in [5.74, 6) is 0.0979. The van der Waals surface area contributed by atoms with Crippen molar-refractivity contribution in [2.24, 2.45) is 0 Å². The van der Waals surface area contributed by atoms with Gasteiger partial charge in [0.1, 0.15) is 0 Å². The van der Waals surface area contributed by atoms with Crippen molar-refractivity contribution in [1.82, 2.24) is 15.2 Å². The molecule has 0 atom stereocenters. The molecule has 1 N–H and O–H groups in total. The van der Waals surface area contributed by atoms with Crippen molar-refractivity contribution >= 4 is 5.91 Å². The van der Waals surface area contributed by atoms with Gasteiger partial charge in [-0.3, -0.25) is 9.78 Å². The first-order valence-corrected chi connectivity index (χ1v) is 5.07. The number of nitrogens with one attached hydrogen (secondary N) is 1.